The first kappa shape index (κ1) is 34.5. The maximum atomic E-state index is 13.7. The zero-order valence-electron chi connectivity index (χ0n) is 26.7. The second-order valence-electron chi connectivity index (χ2n) is 12.2. The maximum Gasteiger partial charge on any atom is 0.414 e. The summed E-state index contributed by atoms with van der Waals surface area (Å²) in [4.78, 5) is 28.4. The second-order valence-corrected chi connectivity index (χ2v) is 12.2. The Morgan fingerprint density at radius 3 is 2.49 bits per heavy atom. The lowest BCUT2D eigenvalue weighted by molar-refractivity contribution is -0.152. The molecule has 5 atom stereocenters. The molecule has 0 bridgehead atoms. The van der Waals surface area contributed by atoms with Crippen molar-refractivity contribution in [3.63, 3.8) is 0 Å². The van der Waals surface area contributed by atoms with Crippen LogP contribution >= 0.6 is 0 Å². The van der Waals surface area contributed by atoms with E-state index in [0.717, 1.165) is 0 Å². The Balaban J connectivity index is 2.17. The van der Waals surface area contributed by atoms with Gasteiger partial charge in [-0.05, 0) is 59.6 Å². The minimum absolute atomic E-state index is 0.145. The van der Waals surface area contributed by atoms with E-state index in [4.69, 9.17) is 33.2 Å². The fraction of sp³-hybridized carbons (Fsp3) is 0.625. The summed E-state index contributed by atoms with van der Waals surface area (Å²) < 4.78 is 40.0. The van der Waals surface area contributed by atoms with Crippen LogP contribution in [0.25, 0.3) is 6.08 Å². The number of benzene rings is 1. The quantitative estimate of drug-likeness (QED) is 0.255. The molecule has 43 heavy (non-hydrogen) atoms. The molecule has 1 saturated heterocycles. The minimum atomic E-state index is -0.926. The van der Waals surface area contributed by atoms with E-state index in [0.29, 0.717) is 17.7 Å². The van der Waals surface area contributed by atoms with Gasteiger partial charge in [0.05, 0.1) is 24.9 Å². The SMILES string of the molecule is COCCN(C(=O)OC(C)(C)C)c1cc2c(c(OCOC)c1)C(=O)O[C@@H](C)[C@H](C)/C=C\[C@@H](O)[C@H]1OC(C)(C)O[C@H]1C/C=C/2. The Bertz CT molecular complexity index is 1170. The molecule has 1 fully saturated rings. The molecule has 2 aliphatic rings. The van der Waals surface area contributed by atoms with Gasteiger partial charge in [-0.25, -0.2) is 9.59 Å². The third-order valence-electron chi connectivity index (χ3n) is 6.97. The number of amides is 1. The van der Waals surface area contributed by atoms with Crippen molar-refractivity contribution in [1.82, 2.24) is 0 Å². The number of anilines is 1. The van der Waals surface area contributed by atoms with Crippen LogP contribution in [0.15, 0.2) is 30.4 Å². The minimum Gasteiger partial charge on any atom is -0.467 e. The van der Waals surface area contributed by atoms with Gasteiger partial charge >= 0.3 is 12.1 Å². The van der Waals surface area contributed by atoms with Gasteiger partial charge in [-0.3, -0.25) is 4.90 Å². The smallest absolute Gasteiger partial charge is 0.414 e. The zero-order chi connectivity index (χ0) is 31.9. The number of esters is 1. The van der Waals surface area contributed by atoms with Crippen molar-refractivity contribution in [3.05, 3.63) is 41.5 Å². The van der Waals surface area contributed by atoms with Crippen molar-refractivity contribution < 1.29 is 47.9 Å². The van der Waals surface area contributed by atoms with Crippen LogP contribution in [0.3, 0.4) is 0 Å². The molecule has 11 nitrogen and oxygen atoms in total. The fourth-order valence-electron chi connectivity index (χ4n) is 4.74. The summed E-state index contributed by atoms with van der Waals surface area (Å²) in [5, 5.41) is 10.9. The Labute approximate surface area is 254 Å². The van der Waals surface area contributed by atoms with Crippen molar-refractivity contribution in [3.8, 4) is 5.75 Å². The predicted molar refractivity (Wildman–Crippen MR) is 161 cm³/mol. The summed E-state index contributed by atoms with van der Waals surface area (Å²) in [5.41, 5.74) is 0.305. The summed E-state index contributed by atoms with van der Waals surface area (Å²) in [5.74, 6) is -1.55. The van der Waals surface area contributed by atoms with Crippen molar-refractivity contribution in [1.29, 1.82) is 0 Å². The number of carbonyl (C=O) groups is 2. The van der Waals surface area contributed by atoms with E-state index < -0.39 is 47.9 Å². The van der Waals surface area contributed by atoms with E-state index in [1.165, 1.54) is 12.0 Å². The largest absolute Gasteiger partial charge is 0.467 e. The topological polar surface area (TPSA) is 122 Å². The van der Waals surface area contributed by atoms with Gasteiger partial charge in [-0.1, -0.05) is 31.2 Å². The second kappa shape index (κ2) is 14.7. The number of hydrogen-bond acceptors (Lipinski definition) is 10. The predicted octanol–water partition coefficient (Wildman–Crippen LogP) is 5.09. The van der Waals surface area contributed by atoms with Gasteiger partial charge in [0.15, 0.2) is 12.6 Å². The summed E-state index contributed by atoms with van der Waals surface area (Å²) in [6, 6.07) is 3.29. The van der Waals surface area contributed by atoms with Crippen LogP contribution in [-0.4, -0.2) is 87.1 Å². The van der Waals surface area contributed by atoms with E-state index in [-0.39, 0.29) is 37.2 Å². The van der Waals surface area contributed by atoms with Crippen molar-refractivity contribution >= 4 is 23.8 Å². The molecule has 0 aromatic heterocycles. The Morgan fingerprint density at radius 1 is 1.12 bits per heavy atom. The molecule has 2 heterocycles. The first-order valence-corrected chi connectivity index (χ1v) is 14.5. The average molecular weight is 606 g/mol. The summed E-state index contributed by atoms with van der Waals surface area (Å²) in [7, 11) is 3.01. The maximum absolute atomic E-state index is 13.7. The third kappa shape index (κ3) is 9.51. The highest BCUT2D eigenvalue weighted by Crippen LogP contribution is 2.35. The van der Waals surface area contributed by atoms with Gasteiger partial charge in [0, 0.05) is 26.2 Å². The number of aliphatic hydroxyl groups excluding tert-OH is 1. The molecule has 3 rings (SSSR count). The number of cyclic esters (lactones) is 1. The molecule has 1 aromatic rings. The number of ether oxygens (including phenoxy) is 7. The highest BCUT2D eigenvalue weighted by atomic mass is 16.8. The number of hydrogen-bond donors (Lipinski definition) is 1. The molecule has 0 spiro atoms. The molecule has 0 aliphatic carbocycles. The van der Waals surface area contributed by atoms with Crippen LogP contribution in [0, 0.1) is 5.92 Å². The molecular formula is C32H47NO10. The number of carbonyl (C=O) groups excluding carboxylic acids is 2. The number of rotatable bonds is 7. The van der Waals surface area contributed by atoms with Crippen LogP contribution in [0.4, 0.5) is 10.5 Å². The lowest BCUT2D eigenvalue weighted by Gasteiger charge is -2.28. The van der Waals surface area contributed by atoms with Crippen molar-refractivity contribution in [2.24, 2.45) is 5.92 Å². The zero-order valence-corrected chi connectivity index (χ0v) is 26.7. The lowest BCUT2D eigenvalue weighted by Crippen LogP contribution is -2.39. The monoisotopic (exact) mass is 605 g/mol. The van der Waals surface area contributed by atoms with Crippen LogP contribution in [0.1, 0.15) is 70.8 Å². The lowest BCUT2D eigenvalue weighted by atomic mass is 9.98. The first-order valence-electron chi connectivity index (χ1n) is 14.5. The van der Waals surface area contributed by atoms with Crippen molar-refractivity contribution in [2.45, 2.75) is 90.7 Å². The Hall–Kier alpha value is -2.96. The van der Waals surface area contributed by atoms with Gasteiger partial charge in [-0.2, -0.15) is 0 Å². The summed E-state index contributed by atoms with van der Waals surface area (Å²) in [6.45, 7) is 12.9. The van der Waals surface area contributed by atoms with Gasteiger partial charge in [0.25, 0.3) is 0 Å². The van der Waals surface area contributed by atoms with Gasteiger partial charge in [0.2, 0.25) is 0 Å². The molecule has 0 saturated carbocycles. The van der Waals surface area contributed by atoms with Crippen LogP contribution in [0.5, 0.6) is 5.75 Å². The van der Waals surface area contributed by atoms with E-state index in [1.54, 1.807) is 79.0 Å². The van der Waals surface area contributed by atoms with Gasteiger partial charge in [0.1, 0.15) is 35.2 Å². The van der Waals surface area contributed by atoms with E-state index in [1.807, 2.05) is 13.0 Å². The molecule has 0 unspecified atom stereocenters. The number of methoxy groups -OCH3 is 2. The molecule has 2 aliphatic heterocycles. The van der Waals surface area contributed by atoms with Crippen LogP contribution in [0.2, 0.25) is 0 Å². The van der Waals surface area contributed by atoms with E-state index in [2.05, 4.69) is 0 Å². The van der Waals surface area contributed by atoms with E-state index in [9.17, 15) is 14.7 Å². The van der Waals surface area contributed by atoms with Gasteiger partial charge < -0.3 is 38.3 Å². The summed E-state index contributed by atoms with van der Waals surface area (Å²) >= 11 is 0. The normalized spacial score (nSPS) is 27.2. The molecule has 1 amide bonds. The molecule has 1 aromatic carbocycles. The molecule has 11 heteroatoms. The molecule has 0 radical (unpaired) electrons. The standard InChI is InChI=1S/C32H47NO10/c1-20-13-14-24(34)28-25(41-32(6,7)42-28)12-10-11-22-17-23(33(15-16-37-8)30(36)43-31(3,4)5)18-26(39-19-38-9)27(22)29(35)40-21(20)2/h10-11,13-14,17-18,20-21,24-25,28,34H,12,15-16,19H2,1-9H3/b11-10+,14-13-/t20-,21+,24-,25+,28-/m1/s1. The Morgan fingerprint density at radius 2 is 1.84 bits per heavy atom. The summed E-state index contributed by atoms with van der Waals surface area (Å²) in [6.07, 6.45) is 4.30. The number of aliphatic hydroxyl groups is 1. The molecular weight excluding hydrogens is 558 g/mol. The highest BCUT2D eigenvalue weighted by Gasteiger charge is 2.43. The fourth-order valence-corrected chi connectivity index (χ4v) is 4.74. The molecule has 240 valence electrons. The first-order chi connectivity index (χ1) is 20.2. The number of nitrogens with zero attached hydrogens (tertiary/aromatic N) is 1. The van der Waals surface area contributed by atoms with Crippen LogP contribution in [-0.2, 0) is 28.4 Å². The Kier molecular flexibility index (Phi) is 11.8. The highest BCUT2D eigenvalue weighted by molar-refractivity contribution is 5.99. The third-order valence-corrected chi connectivity index (χ3v) is 6.97. The molecule has 1 N–H and O–H groups in total. The van der Waals surface area contributed by atoms with Crippen LogP contribution < -0.4 is 9.64 Å². The van der Waals surface area contributed by atoms with Crippen molar-refractivity contribution in [2.75, 3.05) is 39.1 Å². The number of fused-ring (bicyclic) bond motifs is 2. The van der Waals surface area contributed by atoms with Gasteiger partial charge in [-0.15, -0.1) is 0 Å². The van der Waals surface area contributed by atoms with E-state index >= 15 is 0 Å². The average Bonchev–Trinajstić information content (AvgIpc) is 3.22.